The Labute approximate surface area is 147 Å². The summed E-state index contributed by atoms with van der Waals surface area (Å²) in [6.45, 7) is 0. The van der Waals surface area contributed by atoms with E-state index in [1.807, 2.05) is 67.1 Å². The molecule has 3 heterocycles. The van der Waals surface area contributed by atoms with Crippen LogP contribution in [-0.2, 0) is 7.05 Å². The monoisotopic (exact) mass is 356 g/mol. The number of nitrogens with one attached hydrogen (secondary N) is 1. The van der Waals surface area contributed by atoms with E-state index >= 15 is 0 Å². The normalized spacial score (nSPS) is 11.3. The highest BCUT2D eigenvalue weighted by molar-refractivity contribution is 7.29. The van der Waals surface area contributed by atoms with Gasteiger partial charge in [-0.3, -0.25) is 4.79 Å². The smallest absolute Gasteiger partial charge is 0.265 e. The fraction of sp³-hybridized carbons (Fsp3) is 0.176. The molecule has 4 rings (SSSR count). The van der Waals surface area contributed by atoms with Crippen LogP contribution in [0.4, 0.5) is 10.8 Å². The highest BCUT2D eigenvalue weighted by Crippen LogP contribution is 2.34. The van der Waals surface area contributed by atoms with Crippen LogP contribution < -0.4 is 10.2 Å². The molecule has 5 nitrogen and oxygen atoms in total. The van der Waals surface area contributed by atoms with Gasteiger partial charge in [-0.25, -0.2) is 4.98 Å². The van der Waals surface area contributed by atoms with Gasteiger partial charge in [-0.15, -0.1) is 11.3 Å². The summed E-state index contributed by atoms with van der Waals surface area (Å²) >= 11 is 3.03. The summed E-state index contributed by atoms with van der Waals surface area (Å²) in [6.07, 6.45) is 1.99. The summed E-state index contributed by atoms with van der Waals surface area (Å²) in [4.78, 5) is 20.7. The Morgan fingerprint density at radius 2 is 2.08 bits per heavy atom. The fourth-order valence-corrected chi connectivity index (χ4v) is 4.65. The van der Waals surface area contributed by atoms with Crippen LogP contribution in [0.5, 0.6) is 0 Å². The molecular formula is C17H16N4OS2. The second kappa shape index (κ2) is 5.61. The van der Waals surface area contributed by atoms with Crippen LogP contribution in [0.2, 0.25) is 0 Å². The van der Waals surface area contributed by atoms with Crippen molar-refractivity contribution in [3.05, 3.63) is 41.4 Å². The zero-order chi connectivity index (χ0) is 16.8. The van der Waals surface area contributed by atoms with E-state index < -0.39 is 0 Å². The maximum absolute atomic E-state index is 12.6. The first-order valence-electron chi connectivity index (χ1n) is 7.46. The summed E-state index contributed by atoms with van der Waals surface area (Å²) in [5, 5.41) is 5.02. The number of carbonyl (C=O) groups is 1. The molecule has 4 aromatic rings. The number of carbonyl (C=O) groups excluding carboxylic acids is 1. The fourth-order valence-electron chi connectivity index (χ4n) is 2.62. The summed E-state index contributed by atoms with van der Waals surface area (Å²) in [6, 6.07) is 9.86. The quantitative estimate of drug-likeness (QED) is 0.599. The van der Waals surface area contributed by atoms with Crippen LogP contribution >= 0.6 is 22.7 Å². The molecule has 0 saturated heterocycles. The lowest BCUT2D eigenvalue weighted by molar-refractivity contribution is 0.103. The molecule has 0 spiro atoms. The maximum Gasteiger partial charge on any atom is 0.265 e. The van der Waals surface area contributed by atoms with E-state index in [1.165, 1.54) is 11.3 Å². The SMILES string of the molecule is CN(C)c1nc2sc(C(=O)Nc3cccc4c3ccn4C)cc2s1. The number of thiophene rings is 1. The molecule has 122 valence electrons. The number of thiazole rings is 1. The van der Waals surface area contributed by atoms with E-state index in [4.69, 9.17) is 0 Å². The minimum absolute atomic E-state index is 0.0899. The number of hydrogen-bond donors (Lipinski definition) is 1. The molecule has 0 aliphatic heterocycles. The van der Waals surface area contributed by atoms with Crippen molar-refractivity contribution < 1.29 is 4.79 Å². The van der Waals surface area contributed by atoms with Crippen LogP contribution in [0.3, 0.4) is 0 Å². The molecule has 0 atom stereocenters. The summed E-state index contributed by atoms with van der Waals surface area (Å²) in [5.41, 5.74) is 1.93. The number of amides is 1. The Bertz CT molecular complexity index is 1030. The first kappa shape index (κ1) is 15.2. The number of anilines is 2. The van der Waals surface area contributed by atoms with Crippen LogP contribution in [0.15, 0.2) is 36.5 Å². The highest BCUT2D eigenvalue weighted by atomic mass is 32.1. The van der Waals surface area contributed by atoms with Gasteiger partial charge in [0.2, 0.25) is 0 Å². The van der Waals surface area contributed by atoms with Gasteiger partial charge in [0.1, 0.15) is 4.83 Å². The predicted molar refractivity (Wildman–Crippen MR) is 103 cm³/mol. The van der Waals surface area contributed by atoms with E-state index in [0.717, 1.165) is 31.3 Å². The van der Waals surface area contributed by atoms with Gasteiger partial charge in [-0.05, 0) is 24.3 Å². The number of rotatable bonds is 3. The third kappa shape index (κ3) is 2.46. The molecule has 0 unspecified atom stereocenters. The topological polar surface area (TPSA) is 50.2 Å². The maximum atomic E-state index is 12.6. The van der Waals surface area contributed by atoms with E-state index in [0.29, 0.717) is 4.88 Å². The van der Waals surface area contributed by atoms with Gasteiger partial charge >= 0.3 is 0 Å². The van der Waals surface area contributed by atoms with E-state index in [2.05, 4.69) is 10.3 Å². The molecule has 7 heteroatoms. The third-order valence-corrected chi connectivity index (χ3v) is 6.19. The molecule has 0 bridgehead atoms. The van der Waals surface area contributed by atoms with Gasteiger partial charge in [0.05, 0.1) is 15.3 Å². The van der Waals surface area contributed by atoms with Gasteiger partial charge in [0.25, 0.3) is 5.91 Å². The molecule has 0 radical (unpaired) electrons. The molecule has 0 fully saturated rings. The van der Waals surface area contributed by atoms with Gasteiger partial charge < -0.3 is 14.8 Å². The Morgan fingerprint density at radius 3 is 2.83 bits per heavy atom. The first-order valence-corrected chi connectivity index (χ1v) is 9.09. The van der Waals surface area contributed by atoms with Crippen molar-refractivity contribution in [3.63, 3.8) is 0 Å². The second-order valence-corrected chi connectivity index (χ2v) is 7.83. The van der Waals surface area contributed by atoms with Crippen molar-refractivity contribution in [3.8, 4) is 0 Å². The summed E-state index contributed by atoms with van der Waals surface area (Å²) < 4.78 is 3.09. The van der Waals surface area contributed by atoms with Gasteiger partial charge in [-0.2, -0.15) is 0 Å². The average molecular weight is 356 g/mol. The zero-order valence-electron chi connectivity index (χ0n) is 13.5. The minimum atomic E-state index is -0.0899. The number of aryl methyl sites for hydroxylation is 1. The van der Waals surface area contributed by atoms with Gasteiger partial charge in [-0.1, -0.05) is 17.4 Å². The minimum Gasteiger partial charge on any atom is -0.354 e. The lowest BCUT2D eigenvalue weighted by Gasteiger charge is -2.06. The average Bonchev–Trinajstić information content (AvgIpc) is 3.21. The van der Waals surface area contributed by atoms with Gasteiger partial charge in [0, 0.05) is 38.2 Å². The van der Waals surface area contributed by atoms with Crippen molar-refractivity contribution in [2.75, 3.05) is 24.3 Å². The summed E-state index contributed by atoms with van der Waals surface area (Å²) in [7, 11) is 5.93. The number of hydrogen-bond acceptors (Lipinski definition) is 5. The van der Waals surface area contributed by atoms with E-state index in [1.54, 1.807) is 11.3 Å². The second-order valence-electron chi connectivity index (χ2n) is 5.79. The first-order chi connectivity index (χ1) is 11.5. The largest absolute Gasteiger partial charge is 0.354 e. The predicted octanol–water partition coefficient (Wildman–Crippen LogP) is 4.17. The van der Waals surface area contributed by atoms with Crippen LogP contribution in [0.1, 0.15) is 9.67 Å². The van der Waals surface area contributed by atoms with Gasteiger partial charge in [0.15, 0.2) is 5.13 Å². The highest BCUT2D eigenvalue weighted by Gasteiger charge is 2.16. The molecular weight excluding hydrogens is 340 g/mol. The van der Waals surface area contributed by atoms with E-state index in [9.17, 15) is 4.79 Å². The number of fused-ring (bicyclic) bond motifs is 2. The molecule has 3 aromatic heterocycles. The Morgan fingerprint density at radius 1 is 1.25 bits per heavy atom. The van der Waals surface area contributed by atoms with Crippen LogP contribution in [0, 0.1) is 0 Å². The Balaban J connectivity index is 1.64. The van der Waals surface area contributed by atoms with Crippen molar-refractivity contribution >= 4 is 59.8 Å². The van der Waals surface area contributed by atoms with Crippen LogP contribution in [-0.4, -0.2) is 29.6 Å². The van der Waals surface area contributed by atoms with Crippen molar-refractivity contribution in [2.24, 2.45) is 7.05 Å². The molecule has 24 heavy (non-hydrogen) atoms. The summed E-state index contributed by atoms with van der Waals surface area (Å²) in [5.74, 6) is -0.0899. The number of nitrogens with zero attached hydrogens (tertiary/aromatic N) is 3. The Hall–Kier alpha value is -2.38. The van der Waals surface area contributed by atoms with Crippen molar-refractivity contribution in [1.29, 1.82) is 0 Å². The standard InChI is InChI=1S/C17H16N4OS2/c1-20(2)17-19-16-14(24-17)9-13(23-16)15(22)18-11-5-4-6-12-10(11)7-8-21(12)3/h4-9H,1-3H3,(H,18,22). The number of benzene rings is 1. The van der Waals surface area contributed by atoms with Crippen LogP contribution in [0.25, 0.3) is 20.4 Å². The molecule has 0 aliphatic carbocycles. The Kier molecular flexibility index (Phi) is 3.54. The molecule has 1 amide bonds. The molecule has 1 aromatic carbocycles. The third-order valence-electron chi connectivity index (χ3n) is 3.86. The van der Waals surface area contributed by atoms with Crippen molar-refractivity contribution in [2.45, 2.75) is 0 Å². The molecule has 0 saturated carbocycles. The molecule has 1 N–H and O–H groups in total. The number of aromatic nitrogens is 2. The zero-order valence-corrected chi connectivity index (χ0v) is 15.2. The molecule has 0 aliphatic rings. The lowest BCUT2D eigenvalue weighted by Crippen LogP contribution is -2.10. The van der Waals surface area contributed by atoms with Crippen molar-refractivity contribution in [1.82, 2.24) is 9.55 Å². The van der Waals surface area contributed by atoms with E-state index in [-0.39, 0.29) is 5.91 Å². The lowest BCUT2D eigenvalue weighted by atomic mass is 10.2.